The normalized spacial score (nSPS) is 11.5. The van der Waals surface area contributed by atoms with Crippen molar-refractivity contribution in [3.05, 3.63) is 41.7 Å². The molecule has 3 aromatic heterocycles. The van der Waals surface area contributed by atoms with E-state index in [1.807, 2.05) is 12.1 Å². The van der Waals surface area contributed by atoms with Gasteiger partial charge in [-0.3, -0.25) is 0 Å². The molecule has 0 bridgehead atoms. The Morgan fingerprint density at radius 1 is 1.26 bits per heavy atom. The second-order valence-corrected chi connectivity index (χ2v) is 6.18. The van der Waals surface area contributed by atoms with E-state index >= 15 is 0 Å². The lowest BCUT2D eigenvalue weighted by molar-refractivity contribution is -0.856. The minimum atomic E-state index is 0.682. The average molecular weight is 314 g/mol. The van der Waals surface area contributed by atoms with Crippen LogP contribution in [0.5, 0.6) is 0 Å². The van der Waals surface area contributed by atoms with E-state index in [0.717, 1.165) is 35.7 Å². The molecule has 0 fully saturated rings. The summed E-state index contributed by atoms with van der Waals surface area (Å²) >= 11 is 0. The molecule has 122 valence electrons. The Morgan fingerprint density at radius 2 is 2.09 bits per heavy atom. The first-order valence-electron chi connectivity index (χ1n) is 7.93. The van der Waals surface area contributed by atoms with Gasteiger partial charge in [0, 0.05) is 5.69 Å². The summed E-state index contributed by atoms with van der Waals surface area (Å²) in [6.07, 6.45) is 3.33. The minimum Gasteiger partial charge on any atom is -0.467 e. The quantitative estimate of drug-likeness (QED) is 0.719. The smallest absolute Gasteiger partial charge is 0.146 e. The monoisotopic (exact) mass is 314 g/mol. The zero-order chi connectivity index (χ0) is 16.4. The average Bonchev–Trinajstić information content (AvgIpc) is 3.11. The predicted molar refractivity (Wildman–Crippen MR) is 91.0 cm³/mol. The van der Waals surface area contributed by atoms with E-state index in [1.165, 1.54) is 16.2 Å². The number of fused-ring (bicyclic) bond motifs is 1. The van der Waals surface area contributed by atoms with Crippen molar-refractivity contribution in [1.29, 1.82) is 0 Å². The van der Waals surface area contributed by atoms with Gasteiger partial charge >= 0.3 is 0 Å². The van der Waals surface area contributed by atoms with Crippen LogP contribution in [0.1, 0.15) is 17.0 Å². The zero-order valence-electron chi connectivity index (χ0n) is 14.2. The number of hydrogen-bond acceptors (Lipinski definition) is 4. The lowest BCUT2D eigenvalue weighted by Crippen LogP contribution is -3.06. The van der Waals surface area contributed by atoms with Crippen molar-refractivity contribution in [2.24, 2.45) is 0 Å². The van der Waals surface area contributed by atoms with Crippen LogP contribution in [0.25, 0.3) is 11.0 Å². The van der Waals surface area contributed by atoms with E-state index in [9.17, 15) is 0 Å². The third kappa shape index (κ3) is 3.07. The number of rotatable bonds is 6. The molecule has 0 spiro atoms. The van der Waals surface area contributed by atoms with Crippen LogP contribution in [0.3, 0.4) is 0 Å². The van der Waals surface area contributed by atoms with Gasteiger partial charge in [0.05, 0.1) is 45.4 Å². The van der Waals surface area contributed by atoms with Crippen molar-refractivity contribution in [2.45, 2.75) is 20.4 Å². The molecule has 0 aromatic carbocycles. The molecule has 23 heavy (non-hydrogen) atoms. The summed E-state index contributed by atoms with van der Waals surface area (Å²) in [5.41, 5.74) is 3.36. The number of aromatic nitrogens is 3. The second-order valence-electron chi connectivity index (χ2n) is 6.18. The summed E-state index contributed by atoms with van der Waals surface area (Å²) < 4.78 is 7.68. The standard InChI is InChI=1S/C17H23N5O/c1-12-13(2)22(10-14-6-5-9-23-14)17-15(12)16(19-11-20-17)18-7-8-21(3)4/h5-6,9,11H,7-8,10H2,1-4H3,(H,18,19,20)/p+1. The third-order valence-corrected chi connectivity index (χ3v) is 4.22. The van der Waals surface area contributed by atoms with Crippen molar-refractivity contribution < 1.29 is 9.32 Å². The number of furan rings is 1. The molecule has 0 saturated carbocycles. The van der Waals surface area contributed by atoms with E-state index < -0.39 is 0 Å². The van der Waals surface area contributed by atoms with Crippen molar-refractivity contribution >= 4 is 16.9 Å². The molecule has 3 aromatic rings. The number of anilines is 1. The number of nitrogens with zero attached hydrogens (tertiary/aromatic N) is 3. The van der Waals surface area contributed by atoms with Crippen LogP contribution >= 0.6 is 0 Å². The summed E-state index contributed by atoms with van der Waals surface area (Å²) in [5, 5.41) is 4.55. The molecule has 3 rings (SSSR count). The van der Waals surface area contributed by atoms with E-state index in [1.54, 1.807) is 12.6 Å². The van der Waals surface area contributed by atoms with Gasteiger partial charge < -0.3 is 19.2 Å². The SMILES string of the molecule is Cc1c(C)n(Cc2ccco2)c2ncnc(NCC[NH+](C)C)c12. The summed E-state index contributed by atoms with van der Waals surface area (Å²) in [4.78, 5) is 10.4. The third-order valence-electron chi connectivity index (χ3n) is 4.22. The number of quaternary nitrogens is 1. The molecule has 0 aliphatic carbocycles. The van der Waals surface area contributed by atoms with Gasteiger partial charge in [0.1, 0.15) is 23.6 Å². The summed E-state index contributed by atoms with van der Waals surface area (Å²) in [6, 6.07) is 3.90. The van der Waals surface area contributed by atoms with Crippen LogP contribution in [0.15, 0.2) is 29.1 Å². The van der Waals surface area contributed by atoms with Crippen molar-refractivity contribution in [3.8, 4) is 0 Å². The van der Waals surface area contributed by atoms with E-state index in [0.29, 0.717) is 6.54 Å². The molecule has 0 amide bonds. The first-order valence-corrected chi connectivity index (χ1v) is 7.93. The summed E-state index contributed by atoms with van der Waals surface area (Å²) in [7, 11) is 4.29. The summed E-state index contributed by atoms with van der Waals surface area (Å²) in [5.74, 6) is 1.84. The molecule has 0 aliphatic rings. The minimum absolute atomic E-state index is 0.682. The maximum atomic E-state index is 5.49. The molecule has 0 saturated heterocycles. The van der Waals surface area contributed by atoms with Crippen LogP contribution < -0.4 is 10.2 Å². The van der Waals surface area contributed by atoms with Gasteiger partial charge in [0.15, 0.2) is 0 Å². The van der Waals surface area contributed by atoms with Crippen LogP contribution in [-0.2, 0) is 6.54 Å². The van der Waals surface area contributed by atoms with Crippen LogP contribution in [0.4, 0.5) is 5.82 Å². The maximum Gasteiger partial charge on any atom is 0.146 e. The highest BCUT2D eigenvalue weighted by Crippen LogP contribution is 2.29. The number of likely N-dealkylation sites (N-methyl/N-ethyl adjacent to an activating group) is 1. The van der Waals surface area contributed by atoms with Gasteiger partial charge in [0.2, 0.25) is 0 Å². The molecule has 6 nitrogen and oxygen atoms in total. The molecular formula is C17H24N5O+. The molecule has 0 atom stereocenters. The molecule has 2 N–H and O–H groups in total. The Balaban J connectivity index is 1.98. The molecular weight excluding hydrogens is 290 g/mol. The fourth-order valence-corrected chi connectivity index (χ4v) is 2.79. The highest BCUT2D eigenvalue weighted by Gasteiger charge is 2.17. The molecule has 0 radical (unpaired) electrons. The lowest BCUT2D eigenvalue weighted by atomic mass is 10.2. The Kier molecular flexibility index (Phi) is 4.34. The zero-order valence-corrected chi connectivity index (χ0v) is 14.2. The predicted octanol–water partition coefficient (Wildman–Crippen LogP) is 1.25. The lowest BCUT2D eigenvalue weighted by Gasteiger charge is -2.10. The van der Waals surface area contributed by atoms with Crippen LogP contribution in [0, 0.1) is 13.8 Å². The van der Waals surface area contributed by atoms with Crippen LogP contribution in [0.2, 0.25) is 0 Å². The fraction of sp³-hybridized carbons (Fsp3) is 0.412. The maximum absolute atomic E-state index is 5.49. The Bertz CT molecular complexity index is 789. The number of nitrogens with one attached hydrogen (secondary N) is 2. The van der Waals surface area contributed by atoms with Gasteiger partial charge in [-0.2, -0.15) is 0 Å². The van der Waals surface area contributed by atoms with Gasteiger partial charge in [-0.25, -0.2) is 9.97 Å². The van der Waals surface area contributed by atoms with E-state index in [2.05, 4.69) is 47.8 Å². The van der Waals surface area contributed by atoms with Crippen molar-refractivity contribution in [3.63, 3.8) is 0 Å². The summed E-state index contributed by atoms with van der Waals surface area (Å²) in [6.45, 7) is 6.85. The van der Waals surface area contributed by atoms with Crippen molar-refractivity contribution in [2.75, 3.05) is 32.5 Å². The Morgan fingerprint density at radius 3 is 2.78 bits per heavy atom. The number of hydrogen-bond donors (Lipinski definition) is 2. The van der Waals surface area contributed by atoms with Gasteiger partial charge in [-0.15, -0.1) is 0 Å². The largest absolute Gasteiger partial charge is 0.467 e. The molecule has 0 unspecified atom stereocenters. The topological polar surface area (TPSA) is 60.3 Å². The van der Waals surface area contributed by atoms with Gasteiger partial charge in [-0.05, 0) is 31.5 Å². The van der Waals surface area contributed by atoms with Crippen molar-refractivity contribution in [1.82, 2.24) is 14.5 Å². The second kappa shape index (κ2) is 6.42. The molecule has 0 aliphatic heterocycles. The Labute approximate surface area is 136 Å². The van der Waals surface area contributed by atoms with Crippen LogP contribution in [-0.4, -0.2) is 41.7 Å². The first kappa shape index (κ1) is 15.6. The van der Waals surface area contributed by atoms with E-state index in [4.69, 9.17) is 4.42 Å². The highest BCUT2D eigenvalue weighted by molar-refractivity contribution is 5.91. The molecule has 3 heterocycles. The highest BCUT2D eigenvalue weighted by atomic mass is 16.3. The van der Waals surface area contributed by atoms with Gasteiger partial charge in [0.25, 0.3) is 0 Å². The van der Waals surface area contributed by atoms with Gasteiger partial charge in [-0.1, -0.05) is 0 Å². The Hall–Kier alpha value is -2.34. The molecule has 6 heteroatoms. The first-order chi connectivity index (χ1) is 11.1. The fourth-order valence-electron chi connectivity index (χ4n) is 2.79. The van der Waals surface area contributed by atoms with E-state index in [-0.39, 0.29) is 0 Å². The number of aryl methyl sites for hydroxylation is 1.